The van der Waals surface area contributed by atoms with Gasteiger partial charge in [-0.05, 0) is 35.9 Å². The smallest absolute Gasteiger partial charge is 0.281 e. The third-order valence-corrected chi connectivity index (χ3v) is 3.18. The maximum atomic E-state index is 12.3. The van der Waals surface area contributed by atoms with Gasteiger partial charge in [0, 0.05) is 0 Å². The Hall–Kier alpha value is -3.15. The topological polar surface area (TPSA) is 76.7 Å². The van der Waals surface area contributed by atoms with Crippen LogP contribution in [0.5, 0.6) is 11.5 Å². The summed E-state index contributed by atoms with van der Waals surface area (Å²) < 4.78 is 6.19. The van der Waals surface area contributed by atoms with Gasteiger partial charge in [-0.1, -0.05) is 12.1 Å². The molecule has 3 rings (SSSR count). The van der Waals surface area contributed by atoms with Gasteiger partial charge in [-0.15, -0.1) is 0 Å². The van der Waals surface area contributed by atoms with Crippen LogP contribution in [0.15, 0.2) is 58.7 Å². The molecule has 0 bridgehead atoms. The van der Waals surface area contributed by atoms with Crippen LogP contribution in [0.2, 0.25) is 0 Å². The van der Waals surface area contributed by atoms with Gasteiger partial charge in [0.15, 0.2) is 11.5 Å². The summed E-state index contributed by atoms with van der Waals surface area (Å²) in [5.41, 5.74) is 1.08. The summed E-state index contributed by atoms with van der Waals surface area (Å²) in [4.78, 5) is 16.5. The number of aromatic hydroxyl groups is 1. The Labute approximate surface area is 125 Å². The maximum Gasteiger partial charge on any atom is 0.281 e. The van der Waals surface area contributed by atoms with Crippen LogP contribution < -0.4 is 10.3 Å². The summed E-state index contributed by atoms with van der Waals surface area (Å²) in [6.45, 7) is 0. The quantitative estimate of drug-likeness (QED) is 0.750. The Bertz CT molecular complexity index is 916. The largest absolute Gasteiger partial charge is 0.504 e. The van der Waals surface area contributed by atoms with Crippen LogP contribution >= 0.6 is 0 Å². The third-order valence-electron chi connectivity index (χ3n) is 3.18. The number of phenolic OH excluding ortho intramolecular Hbond substituents is 1. The van der Waals surface area contributed by atoms with Crippen molar-refractivity contribution >= 4 is 17.1 Å². The van der Waals surface area contributed by atoms with Crippen LogP contribution in [-0.4, -0.2) is 28.1 Å². The number of ether oxygens (including phenoxy) is 1. The molecule has 0 aliphatic carbocycles. The highest BCUT2D eigenvalue weighted by Crippen LogP contribution is 2.25. The van der Waals surface area contributed by atoms with Crippen molar-refractivity contribution in [1.29, 1.82) is 0 Å². The lowest BCUT2D eigenvalue weighted by Crippen LogP contribution is -2.16. The van der Waals surface area contributed by atoms with E-state index in [9.17, 15) is 9.90 Å². The summed E-state index contributed by atoms with van der Waals surface area (Å²) in [5, 5.41) is 14.2. The molecule has 6 heteroatoms. The first-order valence-electron chi connectivity index (χ1n) is 6.57. The Morgan fingerprint density at radius 1 is 1.27 bits per heavy atom. The second-order valence-corrected chi connectivity index (χ2v) is 4.59. The predicted octanol–water partition coefficient (Wildman–Crippen LogP) is 1.99. The summed E-state index contributed by atoms with van der Waals surface area (Å²) >= 11 is 0. The third kappa shape index (κ3) is 2.54. The SMILES string of the molecule is COc1cc(/C=N/n2cnc3ccccc3c2=O)ccc1O. The number of rotatable bonds is 3. The second kappa shape index (κ2) is 5.69. The zero-order valence-electron chi connectivity index (χ0n) is 11.8. The van der Waals surface area contributed by atoms with E-state index in [2.05, 4.69) is 10.1 Å². The minimum absolute atomic E-state index is 0.0455. The van der Waals surface area contributed by atoms with Gasteiger partial charge in [-0.25, -0.2) is 4.98 Å². The second-order valence-electron chi connectivity index (χ2n) is 4.59. The van der Waals surface area contributed by atoms with E-state index in [1.54, 1.807) is 30.3 Å². The highest BCUT2D eigenvalue weighted by Gasteiger charge is 2.03. The summed E-state index contributed by atoms with van der Waals surface area (Å²) in [6, 6.07) is 11.9. The standard InChI is InChI=1S/C16H13N3O3/c1-22-15-8-11(6-7-14(15)20)9-18-19-10-17-13-5-3-2-4-12(13)16(19)21/h2-10,20H,1H3/b18-9+. The van der Waals surface area contributed by atoms with Gasteiger partial charge in [0.25, 0.3) is 5.56 Å². The first-order chi connectivity index (χ1) is 10.7. The highest BCUT2D eigenvalue weighted by atomic mass is 16.5. The van der Waals surface area contributed by atoms with Crippen molar-refractivity contribution in [3.63, 3.8) is 0 Å². The minimum atomic E-state index is -0.243. The number of aromatic nitrogens is 2. The molecule has 110 valence electrons. The molecule has 0 saturated carbocycles. The van der Waals surface area contributed by atoms with E-state index in [1.165, 1.54) is 30.4 Å². The van der Waals surface area contributed by atoms with Gasteiger partial charge in [0.2, 0.25) is 0 Å². The average Bonchev–Trinajstić information content (AvgIpc) is 2.56. The fourth-order valence-electron chi connectivity index (χ4n) is 2.05. The first-order valence-corrected chi connectivity index (χ1v) is 6.57. The van der Waals surface area contributed by atoms with Gasteiger partial charge >= 0.3 is 0 Å². The molecular formula is C16H13N3O3. The van der Waals surface area contributed by atoms with E-state index >= 15 is 0 Å². The zero-order chi connectivity index (χ0) is 15.5. The Morgan fingerprint density at radius 3 is 2.91 bits per heavy atom. The van der Waals surface area contributed by atoms with E-state index in [0.29, 0.717) is 22.2 Å². The molecule has 6 nitrogen and oxygen atoms in total. The molecule has 0 unspecified atom stereocenters. The molecule has 1 heterocycles. The molecule has 0 aliphatic heterocycles. The molecule has 1 aromatic heterocycles. The van der Waals surface area contributed by atoms with Crippen molar-refractivity contribution in [2.75, 3.05) is 7.11 Å². The van der Waals surface area contributed by atoms with E-state index in [1.807, 2.05) is 6.07 Å². The number of phenols is 1. The van der Waals surface area contributed by atoms with E-state index in [4.69, 9.17) is 4.74 Å². The van der Waals surface area contributed by atoms with Gasteiger partial charge in [-0.3, -0.25) is 4.79 Å². The van der Waals surface area contributed by atoms with Gasteiger partial charge in [0.1, 0.15) is 6.33 Å². The molecule has 1 N–H and O–H groups in total. The molecule has 22 heavy (non-hydrogen) atoms. The number of hydrogen-bond donors (Lipinski definition) is 1. The van der Waals surface area contributed by atoms with Crippen molar-refractivity contribution in [3.05, 3.63) is 64.7 Å². The highest BCUT2D eigenvalue weighted by molar-refractivity contribution is 5.81. The van der Waals surface area contributed by atoms with Crippen molar-refractivity contribution in [1.82, 2.24) is 9.66 Å². The van der Waals surface area contributed by atoms with Crippen LogP contribution in [-0.2, 0) is 0 Å². The molecule has 0 aliphatic rings. The Morgan fingerprint density at radius 2 is 2.09 bits per heavy atom. The summed E-state index contributed by atoms with van der Waals surface area (Å²) in [7, 11) is 1.47. The Kier molecular flexibility index (Phi) is 3.57. The zero-order valence-corrected chi connectivity index (χ0v) is 11.8. The summed E-state index contributed by atoms with van der Waals surface area (Å²) in [6.07, 6.45) is 2.87. The first kappa shape index (κ1) is 13.8. The van der Waals surface area contributed by atoms with Gasteiger partial charge < -0.3 is 9.84 Å². The molecule has 0 radical (unpaired) electrons. The number of hydrogen-bond acceptors (Lipinski definition) is 5. The molecule has 3 aromatic rings. The molecule has 0 atom stereocenters. The maximum absolute atomic E-state index is 12.3. The molecule has 0 spiro atoms. The Balaban J connectivity index is 1.99. The predicted molar refractivity (Wildman–Crippen MR) is 83.7 cm³/mol. The van der Waals surface area contributed by atoms with Crippen molar-refractivity contribution in [2.45, 2.75) is 0 Å². The fourth-order valence-corrected chi connectivity index (χ4v) is 2.05. The number of nitrogens with zero attached hydrogens (tertiary/aromatic N) is 3. The number of methoxy groups -OCH3 is 1. The minimum Gasteiger partial charge on any atom is -0.504 e. The average molecular weight is 295 g/mol. The van der Waals surface area contributed by atoms with Gasteiger partial charge in [-0.2, -0.15) is 9.78 Å². The molecule has 0 amide bonds. The molecule has 2 aromatic carbocycles. The van der Waals surface area contributed by atoms with Crippen molar-refractivity contribution in [3.8, 4) is 11.5 Å². The molecule has 0 saturated heterocycles. The van der Waals surface area contributed by atoms with Crippen LogP contribution in [0.3, 0.4) is 0 Å². The van der Waals surface area contributed by atoms with E-state index < -0.39 is 0 Å². The molecule has 0 fully saturated rings. The van der Waals surface area contributed by atoms with Crippen LogP contribution in [0.4, 0.5) is 0 Å². The van der Waals surface area contributed by atoms with Crippen molar-refractivity contribution < 1.29 is 9.84 Å². The fraction of sp³-hybridized carbons (Fsp3) is 0.0625. The van der Waals surface area contributed by atoms with Gasteiger partial charge in [0.05, 0.1) is 24.2 Å². The number of fused-ring (bicyclic) bond motifs is 1. The number of benzene rings is 2. The number of para-hydroxylation sites is 1. The normalized spacial score (nSPS) is 11.1. The lowest BCUT2D eigenvalue weighted by Gasteiger charge is -2.04. The van der Waals surface area contributed by atoms with E-state index in [0.717, 1.165) is 0 Å². The van der Waals surface area contributed by atoms with Crippen molar-refractivity contribution in [2.24, 2.45) is 5.10 Å². The lowest BCUT2D eigenvalue weighted by molar-refractivity contribution is 0.373. The lowest BCUT2D eigenvalue weighted by atomic mass is 10.2. The van der Waals surface area contributed by atoms with Crippen LogP contribution in [0.25, 0.3) is 10.9 Å². The summed E-state index contributed by atoms with van der Waals surface area (Å²) in [5.74, 6) is 0.386. The molecular weight excluding hydrogens is 282 g/mol. The van der Waals surface area contributed by atoms with Crippen LogP contribution in [0, 0.1) is 0 Å². The van der Waals surface area contributed by atoms with Crippen LogP contribution in [0.1, 0.15) is 5.56 Å². The van der Waals surface area contributed by atoms with E-state index in [-0.39, 0.29) is 11.3 Å². The monoisotopic (exact) mass is 295 g/mol.